The van der Waals surface area contributed by atoms with Gasteiger partial charge in [-0.2, -0.15) is 0 Å². The van der Waals surface area contributed by atoms with E-state index < -0.39 is 0 Å². The van der Waals surface area contributed by atoms with Crippen LogP contribution in [0.3, 0.4) is 0 Å². The van der Waals surface area contributed by atoms with Crippen LogP contribution in [0.2, 0.25) is 0 Å². The van der Waals surface area contributed by atoms with Crippen molar-refractivity contribution in [3.05, 3.63) is 29.8 Å². The summed E-state index contributed by atoms with van der Waals surface area (Å²) >= 11 is 5.06. The van der Waals surface area contributed by atoms with Gasteiger partial charge in [-0.15, -0.1) is 11.3 Å². The van der Waals surface area contributed by atoms with Crippen LogP contribution in [0.5, 0.6) is 0 Å². The predicted octanol–water partition coefficient (Wildman–Crippen LogP) is 2.95. The van der Waals surface area contributed by atoms with Crippen LogP contribution in [-0.2, 0) is 4.79 Å². The molecule has 19 heavy (non-hydrogen) atoms. The molecular formula is C13H12BrN3OS. The van der Waals surface area contributed by atoms with Gasteiger partial charge in [0.05, 0.1) is 10.6 Å². The van der Waals surface area contributed by atoms with Crippen molar-refractivity contribution in [2.24, 2.45) is 5.92 Å². The lowest BCUT2D eigenvalue weighted by molar-refractivity contribution is -0.117. The van der Waals surface area contributed by atoms with E-state index in [0.29, 0.717) is 24.8 Å². The number of hydrogen-bond acceptors (Lipinski definition) is 4. The van der Waals surface area contributed by atoms with Gasteiger partial charge >= 0.3 is 0 Å². The van der Waals surface area contributed by atoms with Crippen molar-refractivity contribution in [1.82, 2.24) is 9.97 Å². The van der Waals surface area contributed by atoms with Gasteiger partial charge in [-0.3, -0.25) is 9.69 Å². The van der Waals surface area contributed by atoms with Crippen LogP contribution in [-0.4, -0.2) is 27.7 Å². The summed E-state index contributed by atoms with van der Waals surface area (Å²) in [7, 11) is 0. The van der Waals surface area contributed by atoms with Gasteiger partial charge in [0, 0.05) is 24.5 Å². The molecule has 2 aromatic rings. The fourth-order valence-electron chi connectivity index (χ4n) is 2.12. The third-order valence-electron chi connectivity index (χ3n) is 3.08. The highest BCUT2D eigenvalue weighted by Crippen LogP contribution is 2.27. The maximum Gasteiger partial charge on any atom is 0.232 e. The summed E-state index contributed by atoms with van der Waals surface area (Å²) in [4.78, 5) is 23.5. The highest BCUT2D eigenvalue weighted by Gasteiger charge is 2.31. The molecule has 0 N–H and O–H groups in total. The number of nitrogens with zero attached hydrogens (tertiary/aromatic N) is 3. The number of rotatable bonds is 3. The van der Waals surface area contributed by atoms with Crippen LogP contribution < -0.4 is 4.90 Å². The number of carbonyl (C=O) groups excluding carboxylic acids is 1. The van der Waals surface area contributed by atoms with Crippen LogP contribution in [0.1, 0.15) is 6.42 Å². The molecule has 1 aliphatic heterocycles. The van der Waals surface area contributed by atoms with Crippen molar-refractivity contribution in [3.8, 4) is 10.6 Å². The maximum atomic E-state index is 12.0. The van der Waals surface area contributed by atoms with Gasteiger partial charge in [-0.25, -0.2) is 9.97 Å². The molecule has 3 heterocycles. The zero-order valence-electron chi connectivity index (χ0n) is 10.1. The van der Waals surface area contributed by atoms with E-state index in [4.69, 9.17) is 0 Å². The van der Waals surface area contributed by atoms with Crippen molar-refractivity contribution in [2.75, 3.05) is 16.8 Å². The second-order valence-electron chi connectivity index (χ2n) is 4.45. The van der Waals surface area contributed by atoms with Gasteiger partial charge < -0.3 is 0 Å². The summed E-state index contributed by atoms with van der Waals surface area (Å²) in [6.07, 6.45) is 2.28. The number of carbonyl (C=O) groups is 1. The third-order valence-corrected chi connectivity index (χ3v) is 4.89. The summed E-state index contributed by atoms with van der Waals surface area (Å²) < 4.78 is 0. The van der Waals surface area contributed by atoms with Crippen LogP contribution in [0, 0.1) is 5.92 Å². The summed E-state index contributed by atoms with van der Waals surface area (Å²) in [5.74, 6) is 0.966. The molecular weight excluding hydrogens is 326 g/mol. The molecule has 1 aliphatic rings. The molecule has 0 bridgehead atoms. The maximum absolute atomic E-state index is 12.0. The Morgan fingerprint density at radius 3 is 3.05 bits per heavy atom. The highest BCUT2D eigenvalue weighted by molar-refractivity contribution is 9.09. The van der Waals surface area contributed by atoms with Gasteiger partial charge in [0.1, 0.15) is 0 Å². The summed E-state index contributed by atoms with van der Waals surface area (Å²) in [6, 6.07) is 5.88. The zero-order valence-corrected chi connectivity index (χ0v) is 12.5. The molecule has 0 aliphatic carbocycles. The molecule has 0 spiro atoms. The average Bonchev–Trinajstić information content (AvgIpc) is 3.08. The van der Waals surface area contributed by atoms with Crippen LogP contribution in [0.4, 0.5) is 5.95 Å². The minimum absolute atomic E-state index is 0.104. The zero-order chi connectivity index (χ0) is 13.2. The molecule has 3 rings (SSSR count). The number of hydrogen-bond donors (Lipinski definition) is 0. The first-order chi connectivity index (χ1) is 9.28. The summed E-state index contributed by atoms with van der Waals surface area (Å²) in [5.41, 5.74) is 0.870. The van der Waals surface area contributed by atoms with Gasteiger partial charge in [0.15, 0.2) is 0 Å². The Hall–Kier alpha value is -1.27. The van der Waals surface area contributed by atoms with Crippen molar-refractivity contribution in [3.63, 3.8) is 0 Å². The normalized spacial score (nSPS) is 19.1. The lowest BCUT2D eigenvalue weighted by Crippen LogP contribution is -2.26. The Bertz CT molecular complexity index is 587. The monoisotopic (exact) mass is 337 g/mol. The molecule has 6 heteroatoms. The third kappa shape index (κ3) is 2.55. The molecule has 1 saturated heterocycles. The average molecular weight is 338 g/mol. The highest BCUT2D eigenvalue weighted by atomic mass is 79.9. The number of thiophene rings is 1. The second kappa shape index (κ2) is 5.38. The Morgan fingerprint density at radius 2 is 2.37 bits per heavy atom. The van der Waals surface area contributed by atoms with E-state index in [1.165, 1.54) is 0 Å². The summed E-state index contributed by atoms with van der Waals surface area (Å²) in [5, 5.41) is 2.85. The largest absolute Gasteiger partial charge is 0.280 e. The van der Waals surface area contributed by atoms with Crippen LogP contribution in [0.15, 0.2) is 29.8 Å². The predicted molar refractivity (Wildman–Crippen MR) is 79.6 cm³/mol. The molecule has 4 nitrogen and oxygen atoms in total. The number of anilines is 1. The first-order valence-corrected chi connectivity index (χ1v) is 8.01. The molecule has 1 amide bonds. The minimum atomic E-state index is 0.104. The fourth-order valence-corrected chi connectivity index (χ4v) is 3.25. The first-order valence-electron chi connectivity index (χ1n) is 6.01. The number of halogens is 1. The topological polar surface area (TPSA) is 46.1 Å². The number of amides is 1. The SMILES string of the molecule is O=C1CC(CBr)CN1c1nccc(-c2cccs2)n1. The van der Waals surface area contributed by atoms with E-state index in [1.807, 2.05) is 23.6 Å². The fraction of sp³-hybridized carbons (Fsp3) is 0.308. The molecule has 1 fully saturated rings. The lowest BCUT2D eigenvalue weighted by atomic mass is 10.2. The first kappa shape index (κ1) is 12.7. The van der Waals surface area contributed by atoms with Gasteiger partial charge in [-0.05, 0) is 23.4 Å². The van der Waals surface area contributed by atoms with Crippen LogP contribution >= 0.6 is 27.3 Å². The Kier molecular flexibility index (Phi) is 3.61. The van der Waals surface area contributed by atoms with Gasteiger partial charge in [-0.1, -0.05) is 22.0 Å². The van der Waals surface area contributed by atoms with E-state index in [1.54, 1.807) is 22.4 Å². The molecule has 1 atom stereocenters. The number of aromatic nitrogens is 2. The Morgan fingerprint density at radius 1 is 1.47 bits per heavy atom. The molecule has 0 aromatic carbocycles. The smallest absolute Gasteiger partial charge is 0.232 e. The van der Waals surface area contributed by atoms with E-state index in [9.17, 15) is 4.79 Å². The van der Waals surface area contributed by atoms with Crippen molar-refractivity contribution >= 4 is 39.1 Å². The lowest BCUT2D eigenvalue weighted by Gasteiger charge is -2.14. The molecule has 98 valence electrons. The molecule has 2 aromatic heterocycles. The standard InChI is InChI=1S/C13H12BrN3OS/c14-7-9-6-12(18)17(8-9)13-15-4-3-10(16-13)11-2-1-5-19-11/h1-5,9H,6-8H2. The van der Waals surface area contributed by atoms with E-state index in [2.05, 4.69) is 25.9 Å². The number of alkyl halides is 1. The van der Waals surface area contributed by atoms with Gasteiger partial charge in [0.25, 0.3) is 0 Å². The summed E-state index contributed by atoms with van der Waals surface area (Å²) in [6.45, 7) is 0.692. The Balaban J connectivity index is 1.90. The van der Waals surface area contributed by atoms with Crippen molar-refractivity contribution in [2.45, 2.75) is 6.42 Å². The molecule has 0 radical (unpaired) electrons. The second-order valence-corrected chi connectivity index (χ2v) is 6.04. The van der Waals surface area contributed by atoms with E-state index in [0.717, 1.165) is 15.9 Å². The van der Waals surface area contributed by atoms with Gasteiger partial charge in [0.2, 0.25) is 11.9 Å². The van der Waals surface area contributed by atoms with Crippen LogP contribution in [0.25, 0.3) is 10.6 Å². The van der Waals surface area contributed by atoms with E-state index in [-0.39, 0.29) is 5.91 Å². The van der Waals surface area contributed by atoms with Crippen molar-refractivity contribution < 1.29 is 4.79 Å². The quantitative estimate of drug-likeness (QED) is 0.809. The Labute approximate surface area is 123 Å². The van der Waals surface area contributed by atoms with E-state index >= 15 is 0 Å². The minimum Gasteiger partial charge on any atom is -0.280 e. The van der Waals surface area contributed by atoms with Crippen molar-refractivity contribution in [1.29, 1.82) is 0 Å². The molecule has 1 unspecified atom stereocenters. The molecule has 0 saturated carbocycles.